The van der Waals surface area contributed by atoms with Crippen molar-refractivity contribution in [1.82, 2.24) is 15.5 Å². The van der Waals surface area contributed by atoms with Crippen LogP contribution in [-0.2, 0) is 10.2 Å². The molecule has 0 atom stereocenters. The van der Waals surface area contributed by atoms with E-state index >= 15 is 0 Å². The van der Waals surface area contributed by atoms with E-state index in [9.17, 15) is 4.79 Å². The van der Waals surface area contributed by atoms with E-state index in [1.54, 1.807) is 26.1 Å². The number of rotatable bonds is 7. The van der Waals surface area contributed by atoms with Crippen molar-refractivity contribution in [3.8, 4) is 5.75 Å². The monoisotopic (exact) mass is 374 g/mol. The summed E-state index contributed by atoms with van der Waals surface area (Å²) < 4.78 is 5.31. The summed E-state index contributed by atoms with van der Waals surface area (Å²) in [5.41, 5.74) is 1.43. The fourth-order valence-electron chi connectivity index (χ4n) is 3.62. The number of ether oxygens (including phenoxy) is 1. The van der Waals surface area contributed by atoms with Gasteiger partial charge in [-0.2, -0.15) is 0 Å². The highest BCUT2D eigenvalue weighted by Crippen LogP contribution is 2.39. The predicted molar refractivity (Wildman–Crippen MR) is 110 cm³/mol. The van der Waals surface area contributed by atoms with Crippen molar-refractivity contribution in [2.45, 2.75) is 44.4 Å². The number of methoxy groups -OCH3 is 1. The minimum absolute atomic E-state index is 0.00487. The van der Waals surface area contributed by atoms with Crippen molar-refractivity contribution in [3.05, 3.63) is 29.8 Å². The van der Waals surface area contributed by atoms with Gasteiger partial charge in [-0.1, -0.05) is 31.4 Å². The van der Waals surface area contributed by atoms with Crippen LogP contribution in [0.25, 0.3) is 0 Å². The van der Waals surface area contributed by atoms with Gasteiger partial charge >= 0.3 is 0 Å². The van der Waals surface area contributed by atoms with Crippen LogP contribution in [0.4, 0.5) is 0 Å². The minimum atomic E-state index is -0.00487. The molecule has 0 heterocycles. The Morgan fingerprint density at radius 3 is 2.37 bits per heavy atom. The molecule has 27 heavy (non-hydrogen) atoms. The molecule has 0 aliphatic heterocycles. The van der Waals surface area contributed by atoms with Crippen LogP contribution in [0.15, 0.2) is 29.3 Å². The highest BCUT2D eigenvalue weighted by Gasteiger charge is 2.34. The predicted octanol–water partition coefficient (Wildman–Crippen LogP) is 2.54. The average molecular weight is 375 g/mol. The lowest BCUT2D eigenvalue weighted by Gasteiger charge is -2.38. The standard InChI is InChI=1S/C21H34N4O2/c1-5-22-20(23-15-19(26)25(2)3)24-16-21(13-7-6-8-14-21)17-9-11-18(27-4)12-10-17/h9-12H,5-8,13-16H2,1-4H3,(H2,22,23,24). The second-order valence-electron chi connectivity index (χ2n) is 7.41. The molecule has 1 saturated carbocycles. The molecule has 1 aromatic rings. The minimum Gasteiger partial charge on any atom is -0.497 e. The quantitative estimate of drug-likeness (QED) is 0.569. The topological polar surface area (TPSA) is 66.0 Å². The average Bonchev–Trinajstić information content (AvgIpc) is 2.70. The summed E-state index contributed by atoms with van der Waals surface area (Å²) in [5.74, 6) is 1.58. The number of carbonyl (C=O) groups is 1. The van der Waals surface area contributed by atoms with Crippen molar-refractivity contribution >= 4 is 11.9 Å². The van der Waals surface area contributed by atoms with E-state index in [-0.39, 0.29) is 17.9 Å². The van der Waals surface area contributed by atoms with E-state index in [0.717, 1.165) is 31.7 Å². The third-order valence-electron chi connectivity index (χ3n) is 5.32. The molecule has 0 bridgehead atoms. The lowest BCUT2D eigenvalue weighted by Crippen LogP contribution is -2.47. The number of likely N-dealkylation sites (N-methyl/N-ethyl adjacent to an activating group) is 1. The summed E-state index contributed by atoms with van der Waals surface area (Å²) in [4.78, 5) is 17.9. The zero-order chi connectivity index (χ0) is 19.7. The molecule has 2 N–H and O–H groups in total. The molecule has 1 amide bonds. The second kappa shape index (κ2) is 10.2. The van der Waals surface area contributed by atoms with Gasteiger partial charge in [-0.05, 0) is 37.5 Å². The lowest BCUT2D eigenvalue weighted by atomic mass is 9.69. The number of aliphatic imine (C=N–C) groups is 1. The molecule has 150 valence electrons. The molecule has 1 aromatic carbocycles. The number of amides is 1. The Balaban J connectivity index is 2.13. The Kier molecular flexibility index (Phi) is 7.95. The fraction of sp³-hybridized carbons (Fsp3) is 0.619. The smallest absolute Gasteiger partial charge is 0.243 e. The lowest BCUT2D eigenvalue weighted by molar-refractivity contribution is -0.127. The van der Waals surface area contributed by atoms with Crippen LogP contribution in [0.1, 0.15) is 44.6 Å². The molecule has 0 unspecified atom stereocenters. The van der Waals surface area contributed by atoms with Gasteiger partial charge in [0, 0.05) is 32.6 Å². The van der Waals surface area contributed by atoms with Gasteiger partial charge in [0.15, 0.2) is 5.96 Å². The fourth-order valence-corrected chi connectivity index (χ4v) is 3.62. The summed E-state index contributed by atoms with van der Waals surface area (Å²) in [7, 11) is 5.19. The normalized spacial score (nSPS) is 16.5. The Hall–Kier alpha value is -2.24. The van der Waals surface area contributed by atoms with Crippen LogP contribution >= 0.6 is 0 Å². The molecule has 0 saturated heterocycles. The number of nitrogens with one attached hydrogen (secondary N) is 2. The summed E-state index contributed by atoms with van der Waals surface area (Å²) in [6.45, 7) is 3.75. The number of nitrogens with zero attached hydrogens (tertiary/aromatic N) is 2. The summed E-state index contributed by atoms with van der Waals surface area (Å²) in [6.07, 6.45) is 6.08. The molecule has 0 aromatic heterocycles. The highest BCUT2D eigenvalue weighted by molar-refractivity contribution is 5.84. The number of hydrogen-bond donors (Lipinski definition) is 2. The first-order chi connectivity index (χ1) is 13.0. The number of guanidine groups is 1. The Morgan fingerprint density at radius 2 is 1.81 bits per heavy atom. The van der Waals surface area contributed by atoms with Crippen LogP contribution < -0.4 is 15.4 Å². The van der Waals surface area contributed by atoms with Crippen molar-refractivity contribution in [2.75, 3.05) is 40.8 Å². The Bertz CT molecular complexity index is 620. The molecule has 1 fully saturated rings. The number of benzene rings is 1. The molecule has 1 aliphatic rings. The van der Waals surface area contributed by atoms with Crippen molar-refractivity contribution in [2.24, 2.45) is 4.99 Å². The van der Waals surface area contributed by atoms with Gasteiger partial charge < -0.3 is 20.3 Å². The molecule has 2 rings (SSSR count). The van der Waals surface area contributed by atoms with Gasteiger partial charge in [0.25, 0.3) is 0 Å². The Morgan fingerprint density at radius 1 is 1.15 bits per heavy atom. The SMILES string of the molecule is CCNC(=NCC(=O)N(C)C)NCC1(c2ccc(OC)cc2)CCCCC1. The van der Waals surface area contributed by atoms with E-state index in [0.29, 0.717) is 5.96 Å². The zero-order valence-electron chi connectivity index (χ0n) is 17.2. The van der Waals surface area contributed by atoms with Gasteiger partial charge in [-0.25, -0.2) is 4.99 Å². The van der Waals surface area contributed by atoms with Crippen LogP contribution in [0.5, 0.6) is 5.75 Å². The second-order valence-corrected chi connectivity index (χ2v) is 7.41. The summed E-state index contributed by atoms with van der Waals surface area (Å²) in [5, 5.41) is 6.74. The summed E-state index contributed by atoms with van der Waals surface area (Å²) >= 11 is 0. The van der Waals surface area contributed by atoms with Gasteiger partial charge in [0.2, 0.25) is 5.91 Å². The Labute approximate surface area is 163 Å². The number of hydrogen-bond acceptors (Lipinski definition) is 3. The molecule has 6 nitrogen and oxygen atoms in total. The summed E-state index contributed by atoms with van der Waals surface area (Å²) in [6, 6.07) is 8.46. The molecule has 6 heteroatoms. The first-order valence-electron chi connectivity index (χ1n) is 9.87. The first kappa shape index (κ1) is 21.1. The van der Waals surface area contributed by atoms with Crippen LogP contribution in [-0.4, -0.2) is 57.6 Å². The van der Waals surface area contributed by atoms with Crippen LogP contribution in [0.3, 0.4) is 0 Å². The third kappa shape index (κ3) is 5.88. The first-order valence-corrected chi connectivity index (χ1v) is 9.87. The van der Waals surface area contributed by atoms with E-state index in [1.165, 1.54) is 24.8 Å². The maximum Gasteiger partial charge on any atom is 0.243 e. The molecule has 0 radical (unpaired) electrons. The van der Waals surface area contributed by atoms with E-state index in [1.807, 2.05) is 19.1 Å². The van der Waals surface area contributed by atoms with Gasteiger partial charge in [0.05, 0.1) is 7.11 Å². The van der Waals surface area contributed by atoms with Crippen molar-refractivity contribution in [1.29, 1.82) is 0 Å². The number of carbonyl (C=O) groups excluding carboxylic acids is 1. The van der Waals surface area contributed by atoms with Crippen molar-refractivity contribution < 1.29 is 9.53 Å². The molecule has 1 aliphatic carbocycles. The van der Waals surface area contributed by atoms with E-state index in [4.69, 9.17) is 4.74 Å². The largest absolute Gasteiger partial charge is 0.497 e. The third-order valence-corrected chi connectivity index (χ3v) is 5.32. The van der Waals surface area contributed by atoms with Gasteiger partial charge in [-0.3, -0.25) is 4.79 Å². The molecule has 0 spiro atoms. The van der Waals surface area contributed by atoms with Gasteiger partial charge in [-0.15, -0.1) is 0 Å². The maximum atomic E-state index is 11.9. The van der Waals surface area contributed by atoms with Gasteiger partial charge in [0.1, 0.15) is 12.3 Å². The molecular weight excluding hydrogens is 340 g/mol. The van der Waals surface area contributed by atoms with E-state index in [2.05, 4.69) is 27.8 Å². The zero-order valence-corrected chi connectivity index (χ0v) is 17.2. The van der Waals surface area contributed by atoms with Crippen LogP contribution in [0, 0.1) is 0 Å². The van der Waals surface area contributed by atoms with Crippen LogP contribution in [0.2, 0.25) is 0 Å². The molecular formula is C21H34N4O2. The van der Waals surface area contributed by atoms with E-state index < -0.39 is 0 Å². The van der Waals surface area contributed by atoms with Crippen molar-refractivity contribution in [3.63, 3.8) is 0 Å². The maximum absolute atomic E-state index is 11.9. The highest BCUT2D eigenvalue weighted by atomic mass is 16.5.